The molecule has 0 unspecified atom stereocenters. The normalized spacial score (nSPS) is 11.3. The van der Waals surface area contributed by atoms with Gasteiger partial charge in [-0.1, -0.05) is 50.2 Å². The molecule has 11 heteroatoms. The number of rotatable bonds is 15. The van der Waals surface area contributed by atoms with Gasteiger partial charge in [-0.3, -0.25) is 4.79 Å². The molecule has 0 amide bonds. The number of hydrogen-bond donors (Lipinski definition) is 0. The van der Waals surface area contributed by atoms with E-state index in [2.05, 4.69) is 24.2 Å². The predicted molar refractivity (Wildman–Crippen MR) is 197 cm³/mol. The van der Waals surface area contributed by atoms with Crippen LogP contribution in [0.3, 0.4) is 0 Å². The van der Waals surface area contributed by atoms with Gasteiger partial charge in [0.25, 0.3) is 0 Å². The van der Waals surface area contributed by atoms with Crippen LogP contribution in [-0.4, -0.2) is 39.4 Å². The molecule has 0 saturated heterocycles. The van der Waals surface area contributed by atoms with Gasteiger partial charge in [0.1, 0.15) is 24.7 Å². The van der Waals surface area contributed by atoms with E-state index in [1.54, 1.807) is 25.4 Å². The molecule has 0 saturated carbocycles. The average Bonchev–Trinajstić information content (AvgIpc) is 3.88. The maximum atomic E-state index is 11.8. The summed E-state index contributed by atoms with van der Waals surface area (Å²) in [6.07, 6.45) is 6.14. The molecule has 3 aromatic carbocycles. The summed E-state index contributed by atoms with van der Waals surface area (Å²) in [4.78, 5) is 21.2. The SMILES string of the molecule is CCOC(=O)Cc1ccc(-c2nc(COc3ccc(COc4nn(-c5ccccc5)cc4C=Cc4csc(C(C)C)n4)cc3OC)c(C)o2)cc1. The van der Waals surface area contributed by atoms with E-state index in [9.17, 15) is 4.79 Å². The molecule has 6 aromatic rings. The fourth-order valence-electron chi connectivity index (χ4n) is 5.18. The summed E-state index contributed by atoms with van der Waals surface area (Å²) in [7, 11) is 1.60. The molecule has 51 heavy (non-hydrogen) atoms. The van der Waals surface area contributed by atoms with Crippen molar-refractivity contribution in [3.63, 3.8) is 0 Å². The Morgan fingerprint density at radius 1 is 0.941 bits per heavy atom. The number of esters is 1. The summed E-state index contributed by atoms with van der Waals surface area (Å²) in [6, 6.07) is 23.1. The number of aromatic nitrogens is 4. The van der Waals surface area contributed by atoms with Gasteiger partial charge in [0.15, 0.2) is 11.5 Å². The van der Waals surface area contributed by atoms with Crippen LogP contribution in [0.2, 0.25) is 0 Å². The summed E-state index contributed by atoms with van der Waals surface area (Å²) in [5, 5.41) is 7.91. The fourth-order valence-corrected chi connectivity index (χ4v) is 5.98. The highest BCUT2D eigenvalue weighted by Gasteiger charge is 2.16. The third kappa shape index (κ3) is 8.92. The Morgan fingerprint density at radius 2 is 1.73 bits per heavy atom. The zero-order valence-corrected chi connectivity index (χ0v) is 30.1. The van der Waals surface area contributed by atoms with Crippen molar-refractivity contribution in [1.29, 1.82) is 0 Å². The number of ether oxygens (including phenoxy) is 4. The highest BCUT2D eigenvalue weighted by molar-refractivity contribution is 7.09. The first-order chi connectivity index (χ1) is 24.8. The molecule has 10 nitrogen and oxygen atoms in total. The van der Waals surface area contributed by atoms with E-state index in [0.29, 0.717) is 47.2 Å². The minimum absolute atomic E-state index is 0.187. The van der Waals surface area contributed by atoms with Gasteiger partial charge in [0.2, 0.25) is 11.8 Å². The molecule has 0 radical (unpaired) electrons. The van der Waals surface area contributed by atoms with Gasteiger partial charge in [-0.15, -0.1) is 16.4 Å². The van der Waals surface area contributed by atoms with Crippen LogP contribution in [0.5, 0.6) is 17.4 Å². The summed E-state index contributed by atoms with van der Waals surface area (Å²) in [6.45, 7) is 8.74. The fraction of sp³-hybridized carbons (Fsp3) is 0.250. The molecule has 0 atom stereocenters. The Hall–Kier alpha value is -5.68. The molecule has 0 bridgehead atoms. The zero-order chi connectivity index (χ0) is 35.7. The minimum atomic E-state index is -0.256. The molecule has 0 N–H and O–H groups in total. The number of oxazole rings is 1. The van der Waals surface area contributed by atoms with Crippen molar-refractivity contribution in [3.8, 4) is 34.5 Å². The first kappa shape index (κ1) is 35.2. The van der Waals surface area contributed by atoms with Crippen LogP contribution in [-0.2, 0) is 29.2 Å². The van der Waals surface area contributed by atoms with Crippen LogP contribution < -0.4 is 14.2 Å². The van der Waals surface area contributed by atoms with E-state index in [-0.39, 0.29) is 25.6 Å². The molecule has 0 spiro atoms. The summed E-state index contributed by atoms with van der Waals surface area (Å²) < 4.78 is 30.9. The van der Waals surface area contributed by atoms with Crippen molar-refractivity contribution < 1.29 is 28.2 Å². The smallest absolute Gasteiger partial charge is 0.310 e. The van der Waals surface area contributed by atoms with Crippen molar-refractivity contribution >= 4 is 29.5 Å². The maximum absolute atomic E-state index is 11.8. The van der Waals surface area contributed by atoms with Gasteiger partial charge in [0, 0.05) is 23.1 Å². The number of benzene rings is 3. The molecular weight excluding hydrogens is 665 g/mol. The highest BCUT2D eigenvalue weighted by atomic mass is 32.1. The molecule has 0 aliphatic heterocycles. The average molecular weight is 705 g/mol. The number of methoxy groups -OCH3 is 1. The maximum Gasteiger partial charge on any atom is 0.310 e. The zero-order valence-electron chi connectivity index (χ0n) is 29.3. The lowest BCUT2D eigenvalue weighted by molar-refractivity contribution is -0.142. The van der Waals surface area contributed by atoms with Gasteiger partial charge in [-0.2, -0.15) is 0 Å². The van der Waals surface area contributed by atoms with E-state index in [4.69, 9.17) is 33.4 Å². The van der Waals surface area contributed by atoms with Gasteiger partial charge < -0.3 is 23.4 Å². The largest absolute Gasteiger partial charge is 0.493 e. The number of carbonyl (C=O) groups excluding carboxylic acids is 1. The molecule has 3 heterocycles. The number of carbonyl (C=O) groups is 1. The second kappa shape index (κ2) is 16.4. The Labute approximate surface area is 301 Å². The molecule has 6 rings (SSSR count). The lowest BCUT2D eigenvalue weighted by Crippen LogP contribution is -2.07. The van der Waals surface area contributed by atoms with Gasteiger partial charge in [0.05, 0.1) is 42.1 Å². The molecule has 0 aliphatic rings. The quantitative estimate of drug-likeness (QED) is 0.0968. The Morgan fingerprint density at radius 3 is 2.45 bits per heavy atom. The molecule has 262 valence electrons. The first-order valence-electron chi connectivity index (χ1n) is 16.7. The predicted octanol–water partition coefficient (Wildman–Crippen LogP) is 8.86. The number of hydrogen-bond acceptors (Lipinski definition) is 10. The van der Waals surface area contributed by atoms with Crippen molar-refractivity contribution in [2.24, 2.45) is 0 Å². The van der Waals surface area contributed by atoms with Crippen LogP contribution in [0.1, 0.15) is 65.5 Å². The van der Waals surface area contributed by atoms with Crippen molar-refractivity contribution in [3.05, 3.63) is 123 Å². The Balaban J connectivity index is 1.12. The van der Waals surface area contributed by atoms with Crippen LogP contribution in [0, 0.1) is 6.92 Å². The van der Waals surface area contributed by atoms with E-state index in [1.165, 1.54) is 0 Å². The van der Waals surface area contributed by atoms with Gasteiger partial charge >= 0.3 is 5.97 Å². The van der Waals surface area contributed by atoms with Crippen LogP contribution in [0.25, 0.3) is 29.3 Å². The van der Waals surface area contributed by atoms with E-state index >= 15 is 0 Å². The van der Waals surface area contributed by atoms with Crippen LogP contribution >= 0.6 is 11.3 Å². The number of thiazole rings is 1. The Bertz CT molecular complexity index is 2100. The monoisotopic (exact) mass is 704 g/mol. The topological polar surface area (TPSA) is 111 Å². The second-order valence-electron chi connectivity index (χ2n) is 12.0. The minimum Gasteiger partial charge on any atom is -0.493 e. The Kier molecular flexibility index (Phi) is 11.3. The number of nitrogens with zero attached hydrogens (tertiary/aromatic N) is 4. The molecule has 0 fully saturated rings. The summed E-state index contributed by atoms with van der Waals surface area (Å²) in [5.74, 6) is 2.88. The summed E-state index contributed by atoms with van der Waals surface area (Å²) in [5.41, 5.74) is 5.88. The third-order valence-corrected chi connectivity index (χ3v) is 9.07. The molecule has 3 aromatic heterocycles. The van der Waals surface area contributed by atoms with Crippen LogP contribution in [0.4, 0.5) is 0 Å². The second-order valence-corrected chi connectivity index (χ2v) is 12.9. The van der Waals surface area contributed by atoms with Gasteiger partial charge in [-0.25, -0.2) is 14.6 Å². The van der Waals surface area contributed by atoms with Crippen LogP contribution in [0.15, 0.2) is 88.8 Å². The van der Waals surface area contributed by atoms with E-state index < -0.39 is 0 Å². The number of para-hydroxylation sites is 1. The van der Waals surface area contributed by atoms with E-state index in [1.807, 2.05) is 103 Å². The first-order valence-corrected chi connectivity index (χ1v) is 17.6. The van der Waals surface area contributed by atoms with Crippen molar-refractivity contribution in [2.45, 2.75) is 53.2 Å². The third-order valence-electron chi connectivity index (χ3n) is 7.91. The van der Waals surface area contributed by atoms with Crippen molar-refractivity contribution in [2.75, 3.05) is 13.7 Å². The molecule has 0 aliphatic carbocycles. The standard InChI is InChI=1S/C40H40N4O6S/c1-6-47-37(45)21-28-12-15-30(16-13-28)38-42-34(27(4)50-38)24-48-35-19-14-29(20-36(35)46-5)23-49-39-31(17-18-32-25-51-40(41-32)26(2)3)22-44(43-39)33-10-8-7-9-11-33/h7-20,22,25-26H,6,21,23-24H2,1-5H3. The van der Waals surface area contributed by atoms with E-state index in [0.717, 1.165) is 38.6 Å². The number of aryl methyl sites for hydroxylation is 1. The van der Waals surface area contributed by atoms with Crippen molar-refractivity contribution in [1.82, 2.24) is 19.7 Å². The van der Waals surface area contributed by atoms with Gasteiger partial charge in [-0.05, 0) is 73.5 Å². The molecular formula is C40H40N4O6S. The summed E-state index contributed by atoms with van der Waals surface area (Å²) >= 11 is 1.66. The highest BCUT2D eigenvalue weighted by Crippen LogP contribution is 2.31. The lowest BCUT2D eigenvalue weighted by atomic mass is 10.1. The lowest BCUT2D eigenvalue weighted by Gasteiger charge is -2.12.